The molecule has 4 aromatic rings. The highest BCUT2D eigenvalue weighted by Crippen LogP contribution is 2.41. The third-order valence-corrected chi connectivity index (χ3v) is 5.93. The lowest BCUT2D eigenvalue weighted by Crippen LogP contribution is -2.14. The number of carbonyl (C=O) groups is 1. The van der Waals surface area contributed by atoms with Crippen molar-refractivity contribution in [3.63, 3.8) is 0 Å². The zero-order valence-electron chi connectivity index (χ0n) is 20.9. The molecule has 1 aromatic heterocycles. The van der Waals surface area contributed by atoms with Crippen LogP contribution in [0.25, 0.3) is 22.2 Å². The van der Waals surface area contributed by atoms with Gasteiger partial charge in [0.2, 0.25) is 5.75 Å². The van der Waals surface area contributed by atoms with Crippen LogP contribution in [0.1, 0.15) is 36.7 Å². The van der Waals surface area contributed by atoms with Gasteiger partial charge in [-0.05, 0) is 47.4 Å². The van der Waals surface area contributed by atoms with Crippen LogP contribution in [0.15, 0.2) is 66.7 Å². The Labute approximate surface area is 205 Å². The molecule has 4 rings (SSSR count). The van der Waals surface area contributed by atoms with E-state index in [4.69, 9.17) is 19.2 Å². The van der Waals surface area contributed by atoms with Crippen LogP contribution in [0.2, 0.25) is 0 Å². The lowest BCUT2D eigenvalue weighted by atomic mass is 9.87. The summed E-state index contributed by atoms with van der Waals surface area (Å²) in [5.41, 5.74) is 4.59. The smallest absolute Gasteiger partial charge is 0.256 e. The van der Waals surface area contributed by atoms with E-state index in [2.05, 4.69) is 26.1 Å². The first-order valence-corrected chi connectivity index (χ1v) is 11.4. The second-order valence-corrected chi connectivity index (χ2v) is 9.27. The summed E-state index contributed by atoms with van der Waals surface area (Å²) in [6.07, 6.45) is 0. The van der Waals surface area contributed by atoms with Gasteiger partial charge in [0.15, 0.2) is 11.5 Å². The van der Waals surface area contributed by atoms with Crippen LogP contribution < -0.4 is 19.5 Å². The number of amides is 1. The molecule has 6 heteroatoms. The van der Waals surface area contributed by atoms with Crippen LogP contribution in [0, 0.1) is 0 Å². The van der Waals surface area contributed by atoms with Crippen molar-refractivity contribution in [2.45, 2.75) is 26.2 Å². The largest absolute Gasteiger partial charge is 0.493 e. The van der Waals surface area contributed by atoms with E-state index in [-0.39, 0.29) is 11.3 Å². The molecule has 35 heavy (non-hydrogen) atoms. The topological polar surface area (TPSA) is 69.7 Å². The number of hydrogen-bond donors (Lipinski definition) is 1. The Morgan fingerprint density at radius 1 is 0.829 bits per heavy atom. The van der Waals surface area contributed by atoms with Crippen LogP contribution in [0.3, 0.4) is 0 Å². The number of ether oxygens (including phenoxy) is 3. The number of nitrogens with zero attached hydrogens (tertiary/aromatic N) is 1. The molecule has 0 bridgehead atoms. The van der Waals surface area contributed by atoms with Crippen molar-refractivity contribution in [1.29, 1.82) is 0 Å². The van der Waals surface area contributed by atoms with E-state index in [0.29, 0.717) is 34.0 Å². The van der Waals surface area contributed by atoms with Gasteiger partial charge >= 0.3 is 0 Å². The Balaban J connectivity index is 1.78. The molecule has 0 atom stereocenters. The minimum atomic E-state index is -0.208. The number of benzene rings is 3. The fraction of sp³-hybridized carbons (Fsp3) is 0.241. The molecule has 0 fully saturated rings. The number of hydrogen-bond acceptors (Lipinski definition) is 5. The zero-order valence-corrected chi connectivity index (χ0v) is 20.9. The summed E-state index contributed by atoms with van der Waals surface area (Å²) in [5, 5.41) is 3.81. The quantitative estimate of drug-likeness (QED) is 0.349. The van der Waals surface area contributed by atoms with Gasteiger partial charge in [0.25, 0.3) is 5.91 Å². The van der Waals surface area contributed by atoms with Crippen LogP contribution in [-0.2, 0) is 5.41 Å². The summed E-state index contributed by atoms with van der Waals surface area (Å²) in [6, 6.07) is 21.0. The second kappa shape index (κ2) is 9.66. The van der Waals surface area contributed by atoms with Gasteiger partial charge in [0.05, 0.1) is 38.1 Å². The maximum absolute atomic E-state index is 13.4. The minimum absolute atomic E-state index is 0.0409. The predicted molar refractivity (Wildman–Crippen MR) is 140 cm³/mol. The monoisotopic (exact) mass is 470 g/mol. The lowest BCUT2D eigenvalue weighted by molar-refractivity contribution is 0.102. The molecule has 0 aliphatic heterocycles. The van der Waals surface area contributed by atoms with E-state index in [1.165, 1.54) is 5.56 Å². The van der Waals surface area contributed by atoms with Gasteiger partial charge in [-0.2, -0.15) is 0 Å². The number of fused-ring (bicyclic) bond motifs is 1. The number of rotatable bonds is 6. The van der Waals surface area contributed by atoms with Crippen molar-refractivity contribution in [2.75, 3.05) is 26.6 Å². The first kappa shape index (κ1) is 24.1. The van der Waals surface area contributed by atoms with Gasteiger partial charge in [0.1, 0.15) is 0 Å². The van der Waals surface area contributed by atoms with Gasteiger partial charge in [-0.15, -0.1) is 0 Å². The molecular weight excluding hydrogens is 440 g/mol. The number of anilines is 1. The molecule has 3 aromatic carbocycles. The molecule has 180 valence electrons. The van der Waals surface area contributed by atoms with E-state index >= 15 is 0 Å². The van der Waals surface area contributed by atoms with E-state index in [1.54, 1.807) is 27.4 Å². The molecule has 0 aliphatic carbocycles. The number of para-hydroxylation sites is 1. The summed E-state index contributed by atoms with van der Waals surface area (Å²) >= 11 is 0. The number of pyridine rings is 1. The van der Waals surface area contributed by atoms with E-state index in [9.17, 15) is 4.79 Å². The highest BCUT2D eigenvalue weighted by Gasteiger charge is 2.19. The number of methoxy groups -OCH3 is 3. The molecule has 6 nitrogen and oxygen atoms in total. The molecule has 1 amide bonds. The molecule has 0 unspecified atom stereocenters. The molecule has 1 N–H and O–H groups in total. The number of carbonyl (C=O) groups excluding carboxylic acids is 1. The molecule has 0 spiro atoms. The van der Waals surface area contributed by atoms with Crippen molar-refractivity contribution in [2.24, 2.45) is 0 Å². The van der Waals surface area contributed by atoms with Crippen LogP contribution in [0.4, 0.5) is 5.69 Å². The van der Waals surface area contributed by atoms with Crippen molar-refractivity contribution in [3.05, 3.63) is 77.9 Å². The Morgan fingerprint density at radius 2 is 1.46 bits per heavy atom. The van der Waals surface area contributed by atoms with E-state index in [1.807, 2.05) is 60.7 Å². The standard InChI is InChI=1S/C29H30N2O4/c1-29(2,3)19-11-13-20(14-12-19)30-28(32)22-17-24(31-23-10-8-7-9-21(22)23)18-15-25(33-4)27(35-6)26(16-18)34-5/h7-17H,1-6H3,(H,30,32). The van der Waals surface area contributed by atoms with Gasteiger partial charge in [-0.3, -0.25) is 4.79 Å². The summed E-state index contributed by atoms with van der Waals surface area (Å²) in [6.45, 7) is 6.48. The van der Waals surface area contributed by atoms with Crippen molar-refractivity contribution in [3.8, 4) is 28.5 Å². The van der Waals surface area contributed by atoms with Crippen molar-refractivity contribution >= 4 is 22.5 Å². The Kier molecular flexibility index (Phi) is 6.65. The van der Waals surface area contributed by atoms with Gasteiger partial charge in [0, 0.05) is 16.6 Å². The summed E-state index contributed by atoms with van der Waals surface area (Å²) in [7, 11) is 4.70. The molecule has 1 heterocycles. The second-order valence-electron chi connectivity index (χ2n) is 9.27. The Bertz CT molecular complexity index is 1350. The lowest BCUT2D eigenvalue weighted by Gasteiger charge is -2.19. The average molecular weight is 471 g/mol. The number of aromatic nitrogens is 1. The highest BCUT2D eigenvalue weighted by molar-refractivity contribution is 6.13. The van der Waals surface area contributed by atoms with E-state index < -0.39 is 0 Å². The maximum Gasteiger partial charge on any atom is 0.256 e. The van der Waals surface area contributed by atoms with Gasteiger partial charge < -0.3 is 19.5 Å². The van der Waals surface area contributed by atoms with Crippen molar-refractivity contribution < 1.29 is 19.0 Å². The van der Waals surface area contributed by atoms with Crippen LogP contribution in [0.5, 0.6) is 17.2 Å². The first-order chi connectivity index (χ1) is 16.7. The highest BCUT2D eigenvalue weighted by atomic mass is 16.5. The van der Waals surface area contributed by atoms with Crippen LogP contribution in [-0.4, -0.2) is 32.2 Å². The molecule has 0 saturated heterocycles. The Hall–Kier alpha value is -4.06. The van der Waals surface area contributed by atoms with Crippen molar-refractivity contribution in [1.82, 2.24) is 4.98 Å². The summed E-state index contributed by atoms with van der Waals surface area (Å²) in [4.78, 5) is 18.2. The van der Waals surface area contributed by atoms with E-state index in [0.717, 1.165) is 16.6 Å². The minimum Gasteiger partial charge on any atom is -0.493 e. The zero-order chi connectivity index (χ0) is 25.2. The third kappa shape index (κ3) is 4.92. The SMILES string of the molecule is COc1cc(-c2cc(C(=O)Nc3ccc(C(C)(C)C)cc3)c3ccccc3n2)cc(OC)c1OC. The normalized spacial score (nSPS) is 11.3. The summed E-state index contributed by atoms with van der Waals surface area (Å²) in [5.74, 6) is 1.32. The molecule has 0 radical (unpaired) electrons. The fourth-order valence-electron chi connectivity index (χ4n) is 3.99. The van der Waals surface area contributed by atoms with Gasteiger partial charge in [-0.25, -0.2) is 4.98 Å². The fourth-order valence-corrected chi connectivity index (χ4v) is 3.99. The first-order valence-electron chi connectivity index (χ1n) is 11.4. The molecule has 0 saturated carbocycles. The average Bonchev–Trinajstić information content (AvgIpc) is 2.86. The predicted octanol–water partition coefficient (Wildman–Crippen LogP) is 6.48. The molecule has 0 aliphatic rings. The Morgan fingerprint density at radius 3 is 2.03 bits per heavy atom. The van der Waals surface area contributed by atoms with Gasteiger partial charge in [-0.1, -0.05) is 51.1 Å². The van der Waals surface area contributed by atoms with Crippen LogP contribution >= 0.6 is 0 Å². The maximum atomic E-state index is 13.4. The molecular formula is C29H30N2O4. The third-order valence-electron chi connectivity index (χ3n) is 5.93. The number of nitrogens with one attached hydrogen (secondary N) is 1. The summed E-state index contributed by atoms with van der Waals surface area (Å²) < 4.78 is 16.5.